The van der Waals surface area contributed by atoms with Crippen LogP contribution in [0, 0.1) is 5.92 Å². The molecule has 0 saturated heterocycles. The fourth-order valence-electron chi connectivity index (χ4n) is 1.31. The van der Waals surface area contributed by atoms with Crippen molar-refractivity contribution < 1.29 is 4.79 Å². The van der Waals surface area contributed by atoms with Crippen molar-refractivity contribution in [3.63, 3.8) is 0 Å². The first-order chi connectivity index (χ1) is 7.09. The van der Waals surface area contributed by atoms with Crippen LogP contribution in [0.3, 0.4) is 0 Å². The predicted octanol–water partition coefficient (Wildman–Crippen LogP) is 0.399. The van der Waals surface area contributed by atoms with Crippen molar-refractivity contribution in [1.82, 2.24) is 15.3 Å². The summed E-state index contributed by atoms with van der Waals surface area (Å²) >= 11 is 0. The third-order valence-corrected chi connectivity index (χ3v) is 2.05. The SMILES string of the molecule is CC(C)C[C@@H](N)C(=O)NCc1ncc[nH]1. The number of nitrogens with zero attached hydrogens (tertiary/aromatic N) is 1. The van der Waals surface area contributed by atoms with E-state index in [-0.39, 0.29) is 5.91 Å². The van der Waals surface area contributed by atoms with Crippen LogP contribution in [0.15, 0.2) is 12.4 Å². The number of amides is 1. The van der Waals surface area contributed by atoms with Gasteiger partial charge < -0.3 is 16.0 Å². The number of nitrogens with two attached hydrogens (primary N) is 1. The first kappa shape index (κ1) is 11.7. The van der Waals surface area contributed by atoms with Gasteiger partial charge in [-0.3, -0.25) is 4.79 Å². The lowest BCUT2D eigenvalue weighted by Crippen LogP contribution is -2.41. The summed E-state index contributed by atoms with van der Waals surface area (Å²) in [5, 5.41) is 2.73. The second-order valence-corrected chi connectivity index (χ2v) is 3.99. The van der Waals surface area contributed by atoms with E-state index in [1.54, 1.807) is 12.4 Å². The molecule has 1 heterocycles. The van der Waals surface area contributed by atoms with E-state index >= 15 is 0 Å². The second kappa shape index (κ2) is 5.50. The number of rotatable bonds is 5. The Hall–Kier alpha value is -1.36. The molecule has 1 atom stereocenters. The molecule has 84 valence electrons. The fraction of sp³-hybridized carbons (Fsp3) is 0.600. The first-order valence-corrected chi connectivity index (χ1v) is 5.11. The normalized spacial score (nSPS) is 12.8. The number of aromatic amines is 1. The van der Waals surface area contributed by atoms with Gasteiger partial charge in [0.15, 0.2) is 0 Å². The second-order valence-electron chi connectivity index (χ2n) is 3.99. The van der Waals surface area contributed by atoms with E-state index in [1.165, 1.54) is 0 Å². The van der Waals surface area contributed by atoms with Gasteiger partial charge in [0.1, 0.15) is 5.82 Å². The standard InChI is InChI=1S/C10H18N4O/c1-7(2)5-8(11)10(15)14-6-9-12-3-4-13-9/h3-4,7-8H,5-6,11H2,1-2H3,(H,12,13)(H,14,15)/t8-/m1/s1. The summed E-state index contributed by atoms with van der Waals surface area (Å²) in [5.41, 5.74) is 5.71. The number of carbonyl (C=O) groups excluding carboxylic acids is 1. The van der Waals surface area contributed by atoms with Crippen molar-refractivity contribution in [2.45, 2.75) is 32.9 Å². The van der Waals surface area contributed by atoms with Crippen LogP contribution in [0.4, 0.5) is 0 Å². The average molecular weight is 210 g/mol. The molecule has 0 aliphatic rings. The summed E-state index contributed by atoms with van der Waals surface area (Å²) in [4.78, 5) is 18.4. The predicted molar refractivity (Wildman–Crippen MR) is 57.9 cm³/mol. The highest BCUT2D eigenvalue weighted by molar-refractivity contribution is 5.81. The fourth-order valence-corrected chi connectivity index (χ4v) is 1.31. The van der Waals surface area contributed by atoms with Crippen molar-refractivity contribution in [2.24, 2.45) is 11.7 Å². The molecule has 0 unspecified atom stereocenters. The van der Waals surface area contributed by atoms with Gasteiger partial charge in [-0.25, -0.2) is 4.98 Å². The highest BCUT2D eigenvalue weighted by atomic mass is 16.2. The summed E-state index contributed by atoms with van der Waals surface area (Å²) in [5.74, 6) is 1.04. The largest absolute Gasteiger partial charge is 0.348 e. The van der Waals surface area contributed by atoms with Gasteiger partial charge in [0, 0.05) is 12.4 Å². The van der Waals surface area contributed by atoms with E-state index in [2.05, 4.69) is 15.3 Å². The minimum Gasteiger partial charge on any atom is -0.348 e. The molecule has 0 fully saturated rings. The van der Waals surface area contributed by atoms with Crippen LogP contribution < -0.4 is 11.1 Å². The molecule has 1 amide bonds. The third-order valence-electron chi connectivity index (χ3n) is 2.05. The molecule has 5 nitrogen and oxygen atoms in total. The molecule has 0 radical (unpaired) electrons. The molecule has 0 saturated carbocycles. The van der Waals surface area contributed by atoms with Crippen LogP contribution in [0.1, 0.15) is 26.1 Å². The van der Waals surface area contributed by atoms with Crippen molar-refractivity contribution in [3.8, 4) is 0 Å². The smallest absolute Gasteiger partial charge is 0.237 e. The molecular formula is C10H18N4O. The van der Waals surface area contributed by atoms with Crippen molar-refractivity contribution >= 4 is 5.91 Å². The van der Waals surface area contributed by atoms with Crippen LogP contribution in [0.25, 0.3) is 0 Å². The van der Waals surface area contributed by atoms with Gasteiger partial charge in [0.2, 0.25) is 5.91 Å². The Morgan fingerprint density at radius 3 is 2.93 bits per heavy atom. The molecule has 1 rings (SSSR count). The van der Waals surface area contributed by atoms with Crippen molar-refractivity contribution in [2.75, 3.05) is 0 Å². The van der Waals surface area contributed by atoms with Gasteiger partial charge in [0.05, 0.1) is 12.6 Å². The number of imidazole rings is 1. The molecule has 4 N–H and O–H groups in total. The molecule has 0 aromatic carbocycles. The molecular weight excluding hydrogens is 192 g/mol. The van der Waals surface area contributed by atoms with E-state index in [0.717, 1.165) is 5.82 Å². The monoisotopic (exact) mass is 210 g/mol. The topological polar surface area (TPSA) is 83.8 Å². The average Bonchev–Trinajstić information content (AvgIpc) is 2.65. The maximum atomic E-state index is 11.5. The zero-order valence-electron chi connectivity index (χ0n) is 9.16. The molecule has 1 aromatic rings. The van der Waals surface area contributed by atoms with E-state index in [0.29, 0.717) is 18.9 Å². The summed E-state index contributed by atoms with van der Waals surface area (Å²) in [7, 11) is 0. The molecule has 0 aliphatic heterocycles. The molecule has 5 heteroatoms. The Labute approximate surface area is 89.5 Å². The first-order valence-electron chi connectivity index (χ1n) is 5.11. The Morgan fingerprint density at radius 1 is 1.67 bits per heavy atom. The number of aromatic nitrogens is 2. The maximum Gasteiger partial charge on any atom is 0.237 e. The van der Waals surface area contributed by atoms with Gasteiger partial charge in [-0.1, -0.05) is 13.8 Å². The number of carbonyl (C=O) groups is 1. The number of hydrogen-bond donors (Lipinski definition) is 3. The zero-order valence-corrected chi connectivity index (χ0v) is 9.16. The van der Waals surface area contributed by atoms with Crippen LogP contribution in [0.2, 0.25) is 0 Å². The van der Waals surface area contributed by atoms with E-state index < -0.39 is 6.04 Å². The Kier molecular flexibility index (Phi) is 4.30. The molecule has 15 heavy (non-hydrogen) atoms. The Morgan fingerprint density at radius 2 is 2.40 bits per heavy atom. The van der Waals surface area contributed by atoms with Crippen LogP contribution in [-0.4, -0.2) is 21.9 Å². The molecule has 0 spiro atoms. The highest BCUT2D eigenvalue weighted by Crippen LogP contribution is 2.02. The molecule has 0 bridgehead atoms. The minimum absolute atomic E-state index is 0.125. The summed E-state index contributed by atoms with van der Waals surface area (Å²) in [6, 6.07) is -0.431. The lowest BCUT2D eigenvalue weighted by molar-refractivity contribution is -0.122. The van der Waals surface area contributed by atoms with Gasteiger partial charge >= 0.3 is 0 Å². The van der Waals surface area contributed by atoms with Gasteiger partial charge in [0.25, 0.3) is 0 Å². The Balaban J connectivity index is 2.29. The van der Waals surface area contributed by atoms with E-state index in [4.69, 9.17) is 5.73 Å². The molecule has 0 aliphatic carbocycles. The van der Waals surface area contributed by atoms with E-state index in [1.807, 2.05) is 13.8 Å². The summed E-state index contributed by atoms with van der Waals surface area (Å²) < 4.78 is 0. The molecule has 1 aromatic heterocycles. The highest BCUT2D eigenvalue weighted by Gasteiger charge is 2.14. The van der Waals surface area contributed by atoms with E-state index in [9.17, 15) is 4.79 Å². The third kappa shape index (κ3) is 4.12. The maximum absolute atomic E-state index is 11.5. The van der Waals surface area contributed by atoms with Crippen LogP contribution in [-0.2, 0) is 11.3 Å². The lowest BCUT2D eigenvalue weighted by atomic mass is 10.0. The number of hydrogen-bond acceptors (Lipinski definition) is 3. The number of nitrogens with one attached hydrogen (secondary N) is 2. The Bertz CT molecular complexity index is 294. The minimum atomic E-state index is -0.431. The van der Waals surface area contributed by atoms with Crippen LogP contribution in [0.5, 0.6) is 0 Å². The van der Waals surface area contributed by atoms with Gasteiger partial charge in [-0.2, -0.15) is 0 Å². The van der Waals surface area contributed by atoms with Crippen molar-refractivity contribution in [3.05, 3.63) is 18.2 Å². The van der Waals surface area contributed by atoms with Crippen LogP contribution >= 0.6 is 0 Å². The quantitative estimate of drug-likeness (QED) is 0.657. The zero-order chi connectivity index (χ0) is 11.3. The number of H-pyrrole nitrogens is 1. The summed E-state index contributed by atoms with van der Waals surface area (Å²) in [6.45, 7) is 4.48. The van der Waals surface area contributed by atoms with Crippen molar-refractivity contribution in [1.29, 1.82) is 0 Å². The van der Waals surface area contributed by atoms with Gasteiger partial charge in [-0.15, -0.1) is 0 Å². The summed E-state index contributed by atoms with van der Waals surface area (Å²) in [6.07, 6.45) is 4.06. The lowest BCUT2D eigenvalue weighted by Gasteiger charge is -2.13. The van der Waals surface area contributed by atoms with Gasteiger partial charge in [-0.05, 0) is 12.3 Å².